The Morgan fingerprint density at radius 1 is 1.18 bits per heavy atom. The Bertz CT molecular complexity index is 356. The molecule has 1 aliphatic carbocycles. The smallest absolute Gasteiger partial charge is 0.161 e. The maximum absolute atomic E-state index is 12.8. The third kappa shape index (κ3) is 2.05. The summed E-state index contributed by atoms with van der Waals surface area (Å²) in [4.78, 5) is 12.8. The standard InChI is InChI=1S/C15H23NO/c1-3-13(4-2)14(17)15(9-5-6-10-15)16-11-7-8-12-16/h7-8,11-13H,3-6,9-10H2,1-2H3. The minimum absolute atomic E-state index is 0.222. The number of hydrogen-bond acceptors (Lipinski definition) is 1. The molecule has 1 saturated carbocycles. The first-order valence-corrected chi connectivity index (χ1v) is 6.92. The number of nitrogens with zero attached hydrogens (tertiary/aromatic N) is 1. The molecule has 0 N–H and O–H groups in total. The summed E-state index contributed by atoms with van der Waals surface area (Å²) in [5.74, 6) is 0.701. The van der Waals surface area contributed by atoms with E-state index >= 15 is 0 Å². The molecule has 0 bridgehead atoms. The third-order valence-electron chi connectivity index (χ3n) is 4.34. The van der Waals surface area contributed by atoms with Gasteiger partial charge in [0.2, 0.25) is 0 Å². The summed E-state index contributed by atoms with van der Waals surface area (Å²) >= 11 is 0. The van der Waals surface area contributed by atoms with Crippen molar-refractivity contribution in [2.45, 2.75) is 57.9 Å². The van der Waals surface area contributed by atoms with E-state index in [0.29, 0.717) is 5.78 Å². The van der Waals surface area contributed by atoms with Gasteiger partial charge in [0.05, 0.1) is 0 Å². The molecule has 0 atom stereocenters. The van der Waals surface area contributed by atoms with Crippen molar-refractivity contribution >= 4 is 5.78 Å². The summed E-state index contributed by atoms with van der Waals surface area (Å²) in [5, 5.41) is 0. The van der Waals surface area contributed by atoms with Crippen molar-refractivity contribution in [1.29, 1.82) is 0 Å². The Morgan fingerprint density at radius 3 is 2.18 bits per heavy atom. The van der Waals surface area contributed by atoms with Gasteiger partial charge in [0.1, 0.15) is 5.54 Å². The molecule has 1 aromatic heterocycles. The molecule has 1 fully saturated rings. The zero-order valence-corrected chi connectivity index (χ0v) is 11.0. The molecule has 2 heteroatoms. The predicted octanol–water partition coefficient (Wildman–Crippen LogP) is 3.76. The fourth-order valence-corrected chi connectivity index (χ4v) is 3.25. The Balaban J connectivity index is 2.32. The first kappa shape index (κ1) is 12.4. The van der Waals surface area contributed by atoms with E-state index in [2.05, 4.69) is 30.8 Å². The second kappa shape index (κ2) is 5.07. The summed E-state index contributed by atoms with van der Waals surface area (Å²) in [5.41, 5.74) is -0.222. The van der Waals surface area contributed by atoms with Crippen LogP contribution >= 0.6 is 0 Å². The van der Waals surface area contributed by atoms with Gasteiger partial charge in [0, 0.05) is 18.3 Å². The molecule has 0 spiro atoms. The molecular weight excluding hydrogens is 210 g/mol. The number of carbonyl (C=O) groups is 1. The molecule has 0 aliphatic heterocycles. The normalized spacial score (nSPS) is 18.8. The number of aromatic nitrogens is 1. The number of hydrogen-bond donors (Lipinski definition) is 0. The highest BCUT2D eigenvalue weighted by Crippen LogP contribution is 2.40. The lowest BCUT2D eigenvalue weighted by Gasteiger charge is -2.33. The number of rotatable bonds is 5. The monoisotopic (exact) mass is 233 g/mol. The molecule has 0 amide bonds. The summed E-state index contributed by atoms with van der Waals surface area (Å²) < 4.78 is 2.17. The molecule has 1 heterocycles. The topological polar surface area (TPSA) is 22.0 Å². The molecule has 0 radical (unpaired) electrons. The van der Waals surface area contributed by atoms with Crippen LogP contribution in [0.4, 0.5) is 0 Å². The number of Topliss-reactive ketones (excluding diaryl/α,β-unsaturated/α-hetero) is 1. The first-order valence-electron chi connectivity index (χ1n) is 6.92. The lowest BCUT2D eigenvalue weighted by atomic mass is 9.81. The fourth-order valence-electron chi connectivity index (χ4n) is 3.25. The highest BCUT2D eigenvalue weighted by Gasteiger charge is 2.43. The molecule has 0 unspecified atom stereocenters. The van der Waals surface area contributed by atoms with Crippen molar-refractivity contribution in [3.05, 3.63) is 24.5 Å². The van der Waals surface area contributed by atoms with Crippen LogP contribution in [-0.4, -0.2) is 10.4 Å². The largest absolute Gasteiger partial charge is 0.341 e. The zero-order valence-electron chi connectivity index (χ0n) is 11.0. The molecule has 1 aliphatic rings. The molecule has 1 aromatic rings. The van der Waals surface area contributed by atoms with Crippen LogP contribution in [0.15, 0.2) is 24.5 Å². The Morgan fingerprint density at radius 2 is 1.71 bits per heavy atom. The van der Waals surface area contributed by atoms with Crippen molar-refractivity contribution in [1.82, 2.24) is 4.57 Å². The van der Waals surface area contributed by atoms with Crippen LogP contribution in [0.1, 0.15) is 52.4 Å². The van der Waals surface area contributed by atoms with E-state index in [1.54, 1.807) is 0 Å². The molecular formula is C15H23NO. The fraction of sp³-hybridized carbons (Fsp3) is 0.667. The van der Waals surface area contributed by atoms with Crippen LogP contribution in [0.5, 0.6) is 0 Å². The Hall–Kier alpha value is -1.05. The van der Waals surface area contributed by atoms with Gasteiger partial charge in [-0.1, -0.05) is 26.7 Å². The van der Waals surface area contributed by atoms with Crippen molar-refractivity contribution in [2.24, 2.45) is 5.92 Å². The molecule has 2 nitrogen and oxygen atoms in total. The molecule has 0 aromatic carbocycles. The van der Waals surface area contributed by atoms with Crippen molar-refractivity contribution in [2.75, 3.05) is 0 Å². The van der Waals surface area contributed by atoms with Gasteiger partial charge >= 0.3 is 0 Å². The highest BCUT2D eigenvalue weighted by atomic mass is 16.1. The van der Waals surface area contributed by atoms with Crippen LogP contribution in [0.2, 0.25) is 0 Å². The predicted molar refractivity (Wildman–Crippen MR) is 70.0 cm³/mol. The summed E-state index contributed by atoms with van der Waals surface area (Å²) in [7, 11) is 0. The van der Waals surface area contributed by atoms with E-state index in [1.165, 1.54) is 12.8 Å². The zero-order chi connectivity index (χ0) is 12.3. The Labute approximate surface area is 104 Å². The van der Waals surface area contributed by atoms with Gasteiger partial charge in [-0.15, -0.1) is 0 Å². The maximum atomic E-state index is 12.8. The van der Waals surface area contributed by atoms with E-state index < -0.39 is 0 Å². The SMILES string of the molecule is CCC(CC)C(=O)C1(n2cccc2)CCCC1. The van der Waals surface area contributed by atoms with Crippen LogP contribution in [0, 0.1) is 5.92 Å². The summed E-state index contributed by atoms with van der Waals surface area (Å²) in [6.07, 6.45) is 10.5. The molecule has 2 rings (SSSR count). The van der Waals surface area contributed by atoms with Gasteiger partial charge in [-0.05, 0) is 37.8 Å². The van der Waals surface area contributed by atoms with Gasteiger partial charge in [-0.25, -0.2) is 0 Å². The average molecular weight is 233 g/mol. The van der Waals surface area contributed by atoms with E-state index in [9.17, 15) is 4.79 Å². The third-order valence-corrected chi connectivity index (χ3v) is 4.34. The van der Waals surface area contributed by atoms with Gasteiger partial charge in [0.25, 0.3) is 0 Å². The van der Waals surface area contributed by atoms with Gasteiger partial charge in [0.15, 0.2) is 5.78 Å². The van der Waals surface area contributed by atoms with Crippen molar-refractivity contribution in [3.8, 4) is 0 Å². The minimum atomic E-state index is -0.222. The van der Waals surface area contributed by atoms with Crippen molar-refractivity contribution in [3.63, 3.8) is 0 Å². The van der Waals surface area contributed by atoms with E-state index in [4.69, 9.17) is 0 Å². The lowest BCUT2D eigenvalue weighted by Crippen LogP contribution is -2.42. The Kier molecular flexibility index (Phi) is 3.70. The average Bonchev–Trinajstić information content (AvgIpc) is 3.02. The summed E-state index contributed by atoms with van der Waals surface area (Å²) in [6.45, 7) is 4.26. The van der Waals surface area contributed by atoms with Gasteiger partial charge < -0.3 is 4.57 Å². The van der Waals surface area contributed by atoms with Crippen LogP contribution in [0.25, 0.3) is 0 Å². The lowest BCUT2D eigenvalue weighted by molar-refractivity contribution is -0.131. The first-order chi connectivity index (χ1) is 8.24. The molecule has 17 heavy (non-hydrogen) atoms. The van der Waals surface area contributed by atoms with Crippen LogP contribution < -0.4 is 0 Å². The van der Waals surface area contributed by atoms with Crippen LogP contribution in [-0.2, 0) is 10.3 Å². The highest BCUT2D eigenvalue weighted by molar-refractivity contribution is 5.89. The van der Waals surface area contributed by atoms with Crippen molar-refractivity contribution < 1.29 is 4.79 Å². The van der Waals surface area contributed by atoms with E-state index in [-0.39, 0.29) is 11.5 Å². The van der Waals surface area contributed by atoms with E-state index in [0.717, 1.165) is 25.7 Å². The summed E-state index contributed by atoms with van der Waals surface area (Å²) in [6, 6.07) is 4.06. The van der Waals surface area contributed by atoms with Crippen LogP contribution in [0.3, 0.4) is 0 Å². The van der Waals surface area contributed by atoms with E-state index in [1.807, 2.05) is 12.1 Å². The molecule has 0 saturated heterocycles. The second-order valence-electron chi connectivity index (χ2n) is 5.21. The van der Waals surface area contributed by atoms with Gasteiger partial charge in [-0.3, -0.25) is 4.79 Å². The quantitative estimate of drug-likeness (QED) is 0.759. The molecule has 94 valence electrons. The number of carbonyl (C=O) groups excluding carboxylic acids is 1. The van der Waals surface area contributed by atoms with Gasteiger partial charge in [-0.2, -0.15) is 0 Å². The second-order valence-corrected chi connectivity index (χ2v) is 5.21. The number of ketones is 1. The minimum Gasteiger partial charge on any atom is -0.341 e. The maximum Gasteiger partial charge on any atom is 0.161 e.